The van der Waals surface area contributed by atoms with Crippen molar-refractivity contribution in [3.05, 3.63) is 36.1 Å². The maximum absolute atomic E-state index is 8.65. The van der Waals surface area contributed by atoms with Gasteiger partial charge in [-0.15, -0.1) is 0 Å². The van der Waals surface area contributed by atoms with Crippen LogP contribution in [0.5, 0.6) is 0 Å². The third-order valence-electron chi connectivity index (χ3n) is 1.75. The van der Waals surface area contributed by atoms with E-state index in [9.17, 15) is 0 Å². The first kappa shape index (κ1) is 8.79. The van der Waals surface area contributed by atoms with Crippen LogP contribution in [0.25, 0.3) is 5.03 Å². The molecule has 4 heteroatoms. The molecule has 3 nitrogen and oxygen atoms in total. The van der Waals surface area contributed by atoms with Crippen molar-refractivity contribution < 1.29 is 4.74 Å². The van der Waals surface area contributed by atoms with Crippen molar-refractivity contribution in [3.8, 4) is 6.07 Å². The highest BCUT2D eigenvalue weighted by Gasteiger charge is 2.11. The van der Waals surface area contributed by atoms with E-state index < -0.39 is 0 Å². The maximum atomic E-state index is 8.65. The van der Waals surface area contributed by atoms with E-state index in [2.05, 4.69) is 4.99 Å². The molecule has 0 amide bonds. The number of aliphatic imine (C=N–C) groups is 1. The van der Waals surface area contributed by atoms with Crippen LogP contribution in [0.3, 0.4) is 0 Å². The second-order valence-electron chi connectivity index (χ2n) is 2.63. The summed E-state index contributed by atoms with van der Waals surface area (Å²) in [4.78, 5) is 4.00. The van der Waals surface area contributed by atoms with Gasteiger partial charge < -0.3 is 4.74 Å². The van der Waals surface area contributed by atoms with Crippen molar-refractivity contribution in [1.29, 1.82) is 5.26 Å². The van der Waals surface area contributed by atoms with E-state index in [1.54, 1.807) is 6.07 Å². The van der Waals surface area contributed by atoms with Gasteiger partial charge in [-0.1, -0.05) is 29.8 Å². The number of hydrogen-bond donors (Lipinski definition) is 0. The van der Waals surface area contributed by atoms with E-state index in [4.69, 9.17) is 21.6 Å². The molecule has 0 saturated carbocycles. The van der Waals surface area contributed by atoms with Crippen LogP contribution in [0.4, 0.5) is 5.69 Å². The van der Waals surface area contributed by atoms with Gasteiger partial charge in [0.15, 0.2) is 6.07 Å². The third kappa shape index (κ3) is 1.48. The molecule has 0 unspecified atom stereocenters. The predicted octanol–water partition coefficient (Wildman–Crippen LogP) is 2.81. The van der Waals surface area contributed by atoms with Crippen LogP contribution in [0.2, 0.25) is 0 Å². The standard InChI is InChI=1S/C10H5ClN2O/c11-8-6-14-10(5-12)13-9-4-2-1-3-7(8)9/h1-4,6H. The van der Waals surface area contributed by atoms with Crippen LogP contribution in [-0.4, -0.2) is 5.90 Å². The molecular formula is C10H5ClN2O. The van der Waals surface area contributed by atoms with Crippen molar-refractivity contribution in [2.75, 3.05) is 0 Å². The molecule has 1 aliphatic rings. The zero-order valence-electron chi connectivity index (χ0n) is 7.07. The van der Waals surface area contributed by atoms with E-state index in [1.807, 2.05) is 24.3 Å². The Morgan fingerprint density at radius 2 is 2.14 bits per heavy atom. The lowest BCUT2D eigenvalue weighted by molar-refractivity contribution is 0.483. The van der Waals surface area contributed by atoms with Crippen molar-refractivity contribution in [3.63, 3.8) is 0 Å². The highest BCUT2D eigenvalue weighted by Crippen LogP contribution is 2.30. The van der Waals surface area contributed by atoms with Gasteiger partial charge in [0.2, 0.25) is 0 Å². The first-order valence-electron chi connectivity index (χ1n) is 3.92. The first-order valence-corrected chi connectivity index (χ1v) is 4.29. The number of halogens is 1. The monoisotopic (exact) mass is 204 g/mol. The molecule has 1 aromatic rings. The van der Waals surface area contributed by atoms with Gasteiger partial charge >= 0.3 is 5.90 Å². The minimum absolute atomic E-state index is 0.00639. The molecular weight excluding hydrogens is 200 g/mol. The van der Waals surface area contributed by atoms with Crippen LogP contribution in [-0.2, 0) is 4.74 Å². The Balaban J connectivity index is 2.62. The summed E-state index contributed by atoms with van der Waals surface area (Å²) in [7, 11) is 0. The molecule has 1 aromatic carbocycles. The van der Waals surface area contributed by atoms with Crippen LogP contribution < -0.4 is 0 Å². The largest absolute Gasteiger partial charge is 0.437 e. The molecule has 0 aliphatic carbocycles. The number of hydrogen-bond acceptors (Lipinski definition) is 3. The lowest BCUT2D eigenvalue weighted by Crippen LogP contribution is -1.93. The molecule has 2 rings (SSSR count). The Morgan fingerprint density at radius 1 is 1.36 bits per heavy atom. The number of ether oxygens (including phenoxy) is 1. The number of rotatable bonds is 0. The smallest absolute Gasteiger partial charge is 0.300 e. The summed E-state index contributed by atoms with van der Waals surface area (Å²) in [5, 5.41) is 9.09. The summed E-state index contributed by atoms with van der Waals surface area (Å²) in [5.41, 5.74) is 1.40. The van der Waals surface area contributed by atoms with Crippen molar-refractivity contribution in [2.45, 2.75) is 0 Å². The lowest BCUT2D eigenvalue weighted by atomic mass is 10.2. The van der Waals surface area contributed by atoms with Gasteiger partial charge in [0.05, 0.1) is 10.7 Å². The number of para-hydroxylation sites is 1. The average molecular weight is 205 g/mol. The van der Waals surface area contributed by atoms with Gasteiger partial charge in [0, 0.05) is 5.56 Å². The summed E-state index contributed by atoms with van der Waals surface area (Å²) >= 11 is 5.93. The summed E-state index contributed by atoms with van der Waals surface area (Å²) in [5.74, 6) is -0.00639. The summed E-state index contributed by atoms with van der Waals surface area (Å²) < 4.78 is 4.94. The Labute approximate surface area is 85.9 Å². The fourth-order valence-corrected chi connectivity index (χ4v) is 1.34. The van der Waals surface area contributed by atoms with Crippen LogP contribution in [0.1, 0.15) is 5.56 Å². The van der Waals surface area contributed by atoms with Gasteiger partial charge in [-0.2, -0.15) is 5.26 Å². The SMILES string of the molecule is N#CC1=Nc2ccccc2C(Cl)=CO1. The molecule has 0 spiro atoms. The quantitative estimate of drug-likeness (QED) is 0.652. The van der Waals surface area contributed by atoms with Gasteiger partial charge in [-0.05, 0) is 6.07 Å². The van der Waals surface area contributed by atoms with Crippen molar-refractivity contribution >= 4 is 28.2 Å². The minimum Gasteiger partial charge on any atom is -0.437 e. The Bertz CT molecular complexity index is 471. The summed E-state index contributed by atoms with van der Waals surface area (Å²) in [6.45, 7) is 0. The van der Waals surface area contributed by atoms with E-state index >= 15 is 0 Å². The molecule has 0 fully saturated rings. The lowest BCUT2D eigenvalue weighted by Gasteiger charge is -1.98. The van der Waals surface area contributed by atoms with Gasteiger partial charge in [-0.3, -0.25) is 0 Å². The Kier molecular flexibility index (Phi) is 2.21. The summed E-state index contributed by atoms with van der Waals surface area (Å²) in [6.07, 6.45) is 1.31. The fraction of sp³-hybridized carbons (Fsp3) is 0. The Morgan fingerprint density at radius 3 is 2.93 bits per heavy atom. The normalized spacial score (nSPS) is 14.0. The highest BCUT2D eigenvalue weighted by molar-refractivity contribution is 6.49. The fourth-order valence-electron chi connectivity index (χ4n) is 1.13. The van der Waals surface area contributed by atoms with Crippen molar-refractivity contribution in [2.24, 2.45) is 4.99 Å². The molecule has 0 N–H and O–H groups in total. The average Bonchev–Trinajstić information content (AvgIpc) is 2.39. The van der Waals surface area contributed by atoms with Crippen LogP contribution in [0.15, 0.2) is 35.5 Å². The zero-order valence-corrected chi connectivity index (χ0v) is 7.82. The number of benzene rings is 1. The molecule has 14 heavy (non-hydrogen) atoms. The molecule has 0 radical (unpaired) electrons. The Hall–Kier alpha value is -1.79. The topological polar surface area (TPSA) is 45.4 Å². The zero-order chi connectivity index (χ0) is 9.97. The predicted molar refractivity (Wildman–Crippen MR) is 54.1 cm³/mol. The molecule has 1 aliphatic heterocycles. The molecule has 68 valence electrons. The van der Waals surface area contributed by atoms with Gasteiger partial charge in [-0.25, -0.2) is 4.99 Å². The second-order valence-corrected chi connectivity index (χ2v) is 3.04. The maximum Gasteiger partial charge on any atom is 0.300 e. The molecule has 0 saturated heterocycles. The molecule has 0 bridgehead atoms. The van der Waals surface area contributed by atoms with E-state index in [-0.39, 0.29) is 5.90 Å². The van der Waals surface area contributed by atoms with E-state index in [0.717, 1.165) is 5.56 Å². The first-order chi connectivity index (χ1) is 6.81. The molecule has 0 aromatic heterocycles. The van der Waals surface area contributed by atoms with Gasteiger partial charge in [0.25, 0.3) is 0 Å². The van der Waals surface area contributed by atoms with Crippen LogP contribution >= 0.6 is 11.6 Å². The third-order valence-corrected chi connectivity index (χ3v) is 2.05. The van der Waals surface area contributed by atoms with Crippen LogP contribution in [0, 0.1) is 11.3 Å². The minimum atomic E-state index is -0.00639. The molecule has 1 heterocycles. The van der Waals surface area contributed by atoms with Gasteiger partial charge in [0.1, 0.15) is 6.26 Å². The number of nitrogens with zero attached hydrogens (tertiary/aromatic N) is 2. The molecule has 0 atom stereocenters. The summed E-state index contributed by atoms with van der Waals surface area (Å²) in [6, 6.07) is 9.10. The highest BCUT2D eigenvalue weighted by atomic mass is 35.5. The number of nitriles is 1. The van der Waals surface area contributed by atoms with E-state index in [0.29, 0.717) is 10.7 Å². The van der Waals surface area contributed by atoms with Crippen molar-refractivity contribution in [1.82, 2.24) is 0 Å². The number of fused-ring (bicyclic) bond motifs is 1. The van der Waals surface area contributed by atoms with E-state index in [1.165, 1.54) is 6.26 Å². The second kappa shape index (κ2) is 3.52.